The fraction of sp³-hybridized carbons (Fsp3) is 0.500. The molecule has 0 aliphatic carbocycles. The zero-order valence-corrected chi connectivity index (χ0v) is 15.7. The summed E-state index contributed by atoms with van der Waals surface area (Å²) >= 11 is 0. The van der Waals surface area contributed by atoms with Crippen molar-refractivity contribution in [2.24, 2.45) is 0 Å². The summed E-state index contributed by atoms with van der Waals surface area (Å²) in [7, 11) is -3.16. The molecule has 140 valence electrons. The van der Waals surface area contributed by atoms with Crippen LogP contribution in [-0.4, -0.2) is 38.9 Å². The van der Waals surface area contributed by atoms with E-state index in [1.165, 1.54) is 0 Å². The third-order valence-corrected chi connectivity index (χ3v) is 4.07. The molecule has 1 rings (SSSR count). The van der Waals surface area contributed by atoms with Crippen LogP contribution in [0.1, 0.15) is 33.3 Å². The molecule has 0 aliphatic heterocycles. The van der Waals surface area contributed by atoms with Gasteiger partial charge in [-0.3, -0.25) is 5.32 Å². The molecule has 9 heteroatoms. The Balaban J connectivity index is 2.98. The van der Waals surface area contributed by atoms with Crippen molar-refractivity contribution in [2.75, 3.05) is 7.11 Å². The lowest BCUT2D eigenvalue weighted by atomic mass is 10.2. The van der Waals surface area contributed by atoms with Crippen molar-refractivity contribution in [1.29, 1.82) is 0 Å². The molecule has 25 heavy (non-hydrogen) atoms. The van der Waals surface area contributed by atoms with Crippen LogP contribution in [0.15, 0.2) is 30.3 Å². The van der Waals surface area contributed by atoms with Crippen LogP contribution in [0.2, 0.25) is 0 Å². The Hall–Kier alpha value is -2.13. The minimum Gasteiger partial charge on any atom is -0.465 e. The largest absolute Gasteiger partial charge is 0.465 e. The smallest absolute Gasteiger partial charge is 0.410 e. The lowest BCUT2D eigenvalue weighted by molar-refractivity contribution is -0.160. The molecule has 0 saturated heterocycles. The van der Waals surface area contributed by atoms with Crippen molar-refractivity contribution in [2.45, 2.75) is 44.8 Å². The Kier molecular flexibility index (Phi) is 6.55. The second kappa shape index (κ2) is 7.83. The average Bonchev–Trinajstić information content (AvgIpc) is 2.43. The zero-order valence-electron chi connectivity index (χ0n) is 14.9. The van der Waals surface area contributed by atoms with E-state index < -0.39 is 39.3 Å². The Bertz CT molecular complexity index is 710. The van der Waals surface area contributed by atoms with Crippen molar-refractivity contribution in [3.05, 3.63) is 35.9 Å². The van der Waals surface area contributed by atoms with Crippen molar-refractivity contribution in [3.8, 4) is 0 Å². The molecule has 0 radical (unpaired) electrons. The quantitative estimate of drug-likeness (QED) is 0.461. The minimum absolute atomic E-state index is 0.465. The van der Waals surface area contributed by atoms with Crippen LogP contribution in [0.4, 0.5) is 4.79 Å². The van der Waals surface area contributed by atoms with E-state index in [-0.39, 0.29) is 0 Å². The molecule has 0 heterocycles. The van der Waals surface area contributed by atoms with Gasteiger partial charge in [0.25, 0.3) is 15.8 Å². The van der Waals surface area contributed by atoms with Crippen molar-refractivity contribution < 1.29 is 31.7 Å². The molecule has 1 aromatic rings. The number of alkyl carbamates (subject to hydrolysis) is 1. The van der Waals surface area contributed by atoms with Gasteiger partial charge in [-0.25, -0.2) is 13.8 Å². The highest BCUT2D eigenvalue weighted by Gasteiger charge is 2.43. The molecule has 1 atom stereocenters. The van der Waals surface area contributed by atoms with E-state index in [1.54, 1.807) is 51.1 Å². The molecule has 0 bridgehead atoms. The van der Waals surface area contributed by atoms with Gasteiger partial charge < -0.3 is 9.47 Å². The van der Waals surface area contributed by atoms with E-state index in [0.717, 1.165) is 14.0 Å². The minimum atomic E-state index is -4.21. The van der Waals surface area contributed by atoms with E-state index in [1.807, 2.05) is 0 Å². The zero-order chi connectivity index (χ0) is 19.3. The van der Waals surface area contributed by atoms with E-state index in [2.05, 4.69) is 10.1 Å². The van der Waals surface area contributed by atoms with E-state index in [0.29, 0.717) is 5.56 Å². The molecule has 0 saturated carbocycles. The van der Waals surface area contributed by atoms with E-state index in [9.17, 15) is 18.0 Å². The van der Waals surface area contributed by atoms with Gasteiger partial charge in [0, 0.05) is 0 Å². The predicted octanol–water partition coefficient (Wildman–Crippen LogP) is 1.95. The highest BCUT2D eigenvalue weighted by molar-refractivity contribution is 7.86. The molecule has 0 aliphatic rings. The van der Waals surface area contributed by atoms with Crippen molar-refractivity contribution >= 4 is 22.2 Å². The second-order valence-corrected chi connectivity index (χ2v) is 7.99. The number of hydrogen-bond acceptors (Lipinski definition) is 7. The number of esters is 1. The van der Waals surface area contributed by atoms with Gasteiger partial charge in [0.05, 0.1) is 7.11 Å². The number of hydrogen-bond donors (Lipinski definition) is 1. The lowest BCUT2D eigenvalue weighted by Crippen LogP contribution is -2.56. The van der Waals surface area contributed by atoms with Gasteiger partial charge in [0.1, 0.15) is 11.4 Å². The number of ether oxygens (including phenoxy) is 2. The molecule has 1 aromatic carbocycles. The second-order valence-electron chi connectivity index (χ2n) is 6.42. The van der Waals surface area contributed by atoms with Crippen LogP contribution >= 0.6 is 0 Å². The molecule has 0 spiro atoms. The summed E-state index contributed by atoms with van der Waals surface area (Å²) in [5, 5.41) is 2.11. The molecule has 0 aromatic heterocycles. The number of rotatable bonds is 6. The average molecular weight is 373 g/mol. The van der Waals surface area contributed by atoms with Crippen LogP contribution in [0, 0.1) is 0 Å². The van der Waals surface area contributed by atoms with Crippen LogP contribution in [0.5, 0.6) is 0 Å². The standard InChI is InChI=1S/C16H23NO7S/c1-15(2,3)23-14(19)17-16(4,13(18)22-5)24-25(20,21)11-12-9-7-6-8-10-12/h6-10H,11H2,1-5H3,(H,17,19). The summed E-state index contributed by atoms with van der Waals surface area (Å²) in [4.78, 5) is 23.9. The fourth-order valence-corrected chi connectivity index (χ4v) is 3.14. The van der Waals surface area contributed by atoms with Crippen molar-refractivity contribution in [3.63, 3.8) is 0 Å². The molecule has 1 unspecified atom stereocenters. The van der Waals surface area contributed by atoms with Gasteiger partial charge in [-0.1, -0.05) is 30.3 Å². The molecule has 8 nitrogen and oxygen atoms in total. The van der Waals surface area contributed by atoms with Crippen LogP contribution in [0.3, 0.4) is 0 Å². The number of methoxy groups -OCH3 is 1. The van der Waals surface area contributed by atoms with Crippen LogP contribution < -0.4 is 5.32 Å². The summed E-state index contributed by atoms with van der Waals surface area (Å²) in [6.45, 7) is 5.94. The number of nitrogens with one attached hydrogen (secondary N) is 1. The van der Waals surface area contributed by atoms with Gasteiger partial charge >= 0.3 is 12.1 Å². The predicted molar refractivity (Wildman–Crippen MR) is 89.9 cm³/mol. The Morgan fingerprint density at radius 1 is 1.08 bits per heavy atom. The topological polar surface area (TPSA) is 108 Å². The normalized spacial score (nSPS) is 14.3. The Labute approximate surface area is 147 Å². The number of carbonyl (C=O) groups is 2. The first kappa shape index (κ1) is 20.9. The SMILES string of the molecule is COC(=O)C(C)(NC(=O)OC(C)(C)C)OS(=O)(=O)Cc1ccccc1. The molecule has 0 fully saturated rings. The fourth-order valence-electron chi connectivity index (χ4n) is 1.86. The highest BCUT2D eigenvalue weighted by atomic mass is 32.2. The molecule has 1 N–H and O–H groups in total. The first-order valence-electron chi connectivity index (χ1n) is 7.44. The summed E-state index contributed by atoms with van der Waals surface area (Å²) in [6, 6.07) is 8.27. The number of benzene rings is 1. The summed E-state index contributed by atoms with van der Waals surface area (Å²) in [6.07, 6.45) is -1.02. The number of carbonyl (C=O) groups excluding carboxylic acids is 2. The van der Waals surface area contributed by atoms with Gasteiger partial charge in [-0.2, -0.15) is 8.42 Å². The van der Waals surface area contributed by atoms with Gasteiger partial charge in [-0.05, 0) is 33.3 Å². The van der Waals surface area contributed by atoms with Crippen LogP contribution in [-0.2, 0) is 34.3 Å². The van der Waals surface area contributed by atoms with Crippen LogP contribution in [0.25, 0.3) is 0 Å². The monoisotopic (exact) mass is 373 g/mol. The van der Waals surface area contributed by atoms with Gasteiger partial charge in [-0.15, -0.1) is 0 Å². The first-order chi connectivity index (χ1) is 11.4. The molecule has 1 amide bonds. The summed E-state index contributed by atoms with van der Waals surface area (Å²) in [5.74, 6) is -1.56. The lowest BCUT2D eigenvalue weighted by Gasteiger charge is -2.28. The number of amides is 1. The summed E-state index contributed by atoms with van der Waals surface area (Å²) < 4.78 is 39.1. The highest BCUT2D eigenvalue weighted by Crippen LogP contribution is 2.18. The summed E-state index contributed by atoms with van der Waals surface area (Å²) in [5.41, 5.74) is -2.64. The molecular weight excluding hydrogens is 350 g/mol. The Morgan fingerprint density at radius 2 is 1.64 bits per heavy atom. The maximum Gasteiger partial charge on any atom is 0.410 e. The first-order valence-corrected chi connectivity index (χ1v) is 9.01. The van der Waals surface area contributed by atoms with Gasteiger partial charge in [0.2, 0.25) is 0 Å². The van der Waals surface area contributed by atoms with E-state index in [4.69, 9.17) is 8.92 Å². The third-order valence-electron chi connectivity index (χ3n) is 2.79. The Morgan fingerprint density at radius 3 is 2.12 bits per heavy atom. The molecular formula is C16H23NO7S. The third kappa shape index (κ3) is 7.10. The maximum absolute atomic E-state index is 12.3. The van der Waals surface area contributed by atoms with Gasteiger partial charge in [0.15, 0.2) is 0 Å². The van der Waals surface area contributed by atoms with Crippen molar-refractivity contribution in [1.82, 2.24) is 5.32 Å². The maximum atomic E-state index is 12.3. The van der Waals surface area contributed by atoms with E-state index >= 15 is 0 Å².